The monoisotopic (exact) mass is 238 g/mol. The average Bonchev–Trinajstić information content (AvgIpc) is 3.14. The van der Waals surface area contributed by atoms with Gasteiger partial charge in [-0.05, 0) is 57.3 Å². The van der Waals surface area contributed by atoms with Crippen LogP contribution in [0.15, 0.2) is 0 Å². The van der Waals surface area contributed by atoms with Crippen LogP contribution in [0, 0.1) is 17.3 Å². The number of hydrogen-bond donors (Lipinski definition) is 2. The van der Waals surface area contributed by atoms with Crippen molar-refractivity contribution < 1.29 is 4.79 Å². The molecule has 3 heteroatoms. The summed E-state index contributed by atoms with van der Waals surface area (Å²) in [5.41, 5.74) is 5.62. The molecule has 0 heterocycles. The lowest BCUT2D eigenvalue weighted by molar-refractivity contribution is -0.133. The lowest BCUT2D eigenvalue weighted by atomic mass is 9.70. The number of nitrogens with two attached hydrogens (primary N) is 1. The van der Waals surface area contributed by atoms with Gasteiger partial charge in [0.1, 0.15) is 0 Å². The Morgan fingerprint density at radius 1 is 1.35 bits per heavy atom. The molecule has 3 nitrogen and oxygen atoms in total. The molecule has 0 aromatic rings. The van der Waals surface area contributed by atoms with Gasteiger partial charge in [0.2, 0.25) is 5.91 Å². The van der Waals surface area contributed by atoms with E-state index in [1.165, 1.54) is 12.8 Å². The molecular formula is C14H26N2O. The van der Waals surface area contributed by atoms with Crippen LogP contribution in [0.4, 0.5) is 0 Å². The highest BCUT2D eigenvalue weighted by molar-refractivity contribution is 5.83. The SMILES string of the molecule is CC1CCC(CN)(C(=O)NC(C)C2CC2)CC1. The van der Waals surface area contributed by atoms with Gasteiger partial charge in [0.25, 0.3) is 0 Å². The Bertz CT molecular complexity index is 278. The Morgan fingerprint density at radius 3 is 2.41 bits per heavy atom. The first-order valence-electron chi connectivity index (χ1n) is 7.08. The van der Waals surface area contributed by atoms with E-state index in [1.807, 2.05) is 0 Å². The van der Waals surface area contributed by atoms with E-state index in [-0.39, 0.29) is 11.3 Å². The molecule has 2 aliphatic carbocycles. The molecule has 0 aliphatic heterocycles. The maximum atomic E-state index is 12.4. The maximum absolute atomic E-state index is 12.4. The van der Waals surface area contributed by atoms with Crippen molar-refractivity contribution in [2.75, 3.05) is 6.54 Å². The standard InChI is InChI=1S/C14H26N2O/c1-10-5-7-14(9-15,8-6-10)13(17)16-11(2)12-3-4-12/h10-12H,3-9,15H2,1-2H3,(H,16,17). The molecule has 17 heavy (non-hydrogen) atoms. The number of nitrogens with one attached hydrogen (secondary N) is 1. The molecule has 2 rings (SSSR count). The summed E-state index contributed by atoms with van der Waals surface area (Å²) in [6, 6.07) is 0.338. The first-order chi connectivity index (χ1) is 8.07. The fourth-order valence-electron chi connectivity index (χ4n) is 2.91. The number of rotatable bonds is 4. The van der Waals surface area contributed by atoms with Crippen molar-refractivity contribution in [1.82, 2.24) is 5.32 Å². The number of carbonyl (C=O) groups is 1. The molecule has 0 bridgehead atoms. The lowest BCUT2D eigenvalue weighted by Gasteiger charge is -2.38. The molecule has 98 valence electrons. The Morgan fingerprint density at radius 2 is 1.94 bits per heavy atom. The second-order valence-electron chi connectivity index (χ2n) is 6.27. The largest absolute Gasteiger partial charge is 0.353 e. The van der Waals surface area contributed by atoms with E-state index in [1.54, 1.807) is 0 Å². The normalized spacial score (nSPS) is 35.4. The van der Waals surface area contributed by atoms with E-state index in [4.69, 9.17) is 5.73 Å². The first kappa shape index (κ1) is 12.9. The summed E-state index contributed by atoms with van der Waals surface area (Å²) >= 11 is 0. The van der Waals surface area contributed by atoms with Crippen LogP contribution in [0.5, 0.6) is 0 Å². The Kier molecular flexibility index (Phi) is 3.76. The third kappa shape index (κ3) is 2.82. The predicted molar refractivity (Wildman–Crippen MR) is 69.4 cm³/mol. The summed E-state index contributed by atoms with van der Waals surface area (Å²) in [4.78, 5) is 12.4. The Balaban J connectivity index is 1.94. The number of amides is 1. The quantitative estimate of drug-likeness (QED) is 0.787. The summed E-state index contributed by atoms with van der Waals surface area (Å²) in [6.45, 7) is 4.90. The number of hydrogen-bond acceptors (Lipinski definition) is 2. The highest BCUT2D eigenvalue weighted by Gasteiger charge is 2.41. The fourth-order valence-corrected chi connectivity index (χ4v) is 2.91. The second-order valence-corrected chi connectivity index (χ2v) is 6.27. The molecule has 2 aliphatic rings. The molecule has 1 unspecified atom stereocenters. The van der Waals surface area contributed by atoms with E-state index >= 15 is 0 Å². The van der Waals surface area contributed by atoms with E-state index in [0.717, 1.165) is 37.5 Å². The Hall–Kier alpha value is -0.570. The minimum absolute atomic E-state index is 0.214. The van der Waals surface area contributed by atoms with Gasteiger partial charge in [-0.3, -0.25) is 4.79 Å². The zero-order chi connectivity index (χ0) is 12.5. The molecular weight excluding hydrogens is 212 g/mol. The van der Waals surface area contributed by atoms with Crippen molar-refractivity contribution in [3.63, 3.8) is 0 Å². The summed E-state index contributed by atoms with van der Waals surface area (Å²) in [5.74, 6) is 1.69. The van der Waals surface area contributed by atoms with Crippen LogP contribution in [0.1, 0.15) is 52.4 Å². The van der Waals surface area contributed by atoms with Crippen LogP contribution in [0.2, 0.25) is 0 Å². The van der Waals surface area contributed by atoms with Crippen molar-refractivity contribution in [3.05, 3.63) is 0 Å². The smallest absolute Gasteiger partial charge is 0.227 e. The molecule has 0 spiro atoms. The molecule has 0 saturated heterocycles. The summed E-state index contributed by atoms with van der Waals surface area (Å²) < 4.78 is 0. The van der Waals surface area contributed by atoms with Gasteiger partial charge in [-0.15, -0.1) is 0 Å². The van der Waals surface area contributed by atoms with Crippen molar-refractivity contribution in [2.45, 2.75) is 58.4 Å². The highest BCUT2D eigenvalue weighted by Crippen LogP contribution is 2.39. The van der Waals surface area contributed by atoms with Crippen LogP contribution in [0.3, 0.4) is 0 Å². The van der Waals surface area contributed by atoms with Gasteiger partial charge >= 0.3 is 0 Å². The number of carbonyl (C=O) groups excluding carboxylic acids is 1. The van der Waals surface area contributed by atoms with E-state index in [0.29, 0.717) is 12.6 Å². The zero-order valence-electron chi connectivity index (χ0n) is 11.2. The first-order valence-corrected chi connectivity index (χ1v) is 7.08. The molecule has 0 radical (unpaired) electrons. The zero-order valence-corrected chi connectivity index (χ0v) is 11.2. The molecule has 0 aromatic carbocycles. The van der Waals surface area contributed by atoms with E-state index < -0.39 is 0 Å². The summed E-state index contributed by atoms with van der Waals surface area (Å²) in [6.07, 6.45) is 6.76. The van der Waals surface area contributed by atoms with Crippen molar-refractivity contribution in [2.24, 2.45) is 23.0 Å². The molecule has 1 atom stereocenters. The predicted octanol–water partition coefficient (Wildman–Crippen LogP) is 2.06. The maximum Gasteiger partial charge on any atom is 0.227 e. The van der Waals surface area contributed by atoms with Gasteiger partial charge in [0, 0.05) is 12.6 Å². The second kappa shape index (κ2) is 4.97. The fraction of sp³-hybridized carbons (Fsp3) is 0.929. The van der Waals surface area contributed by atoms with Crippen molar-refractivity contribution >= 4 is 5.91 Å². The topological polar surface area (TPSA) is 55.1 Å². The van der Waals surface area contributed by atoms with Gasteiger partial charge in [0.15, 0.2) is 0 Å². The molecule has 2 fully saturated rings. The summed E-state index contributed by atoms with van der Waals surface area (Å²) in [7, 11) is 0. The third-order valence-electron chi connectivity index (χ3n) is 4.79. The van der Waals surface area contributed by atoms with Crippen LogP contribution < -0.4 is 11.1 Å². The molecule has 2 saturated carbocycles. The van der Waals surface area contributed by atoms with Crippen LogP contribution in [0.25, 0.3) is 0 Å². The minimum Gasteiger partial charge on any atom is -0.353 e. The van der Waals surface area contributed by atoms with Crippen LogP contribution >= 0.6 is 0 Å². The van der Waals surface area contributed by atoms with Crippen LogP contribution in [-0.4, -0.2) is 18.5 Å². The third-order valence-corrected chi connectivity index (χ3v) is 4.79. The van der Waals surface area contributed by atoms with Crippen molar-refractivity contribution in [1.29, 1.82) is 0 Å². The van der Waals surface area contributed by atoms with Crippen LogP contribution in [-0.2, 0) is 4.79 Å². The van der Waals surface area contributed by atoms with Crippen molar-refractivity contribution in [3.8, 4) is 0 Å². The van der Waals surface area contributed by atoms with Gasteiger partial charge in [-0.1, -0.05) is 6.92 Å². The minimum atomic E-state index is -0.268. The average molecular weight is 238 g/mol. The van der Waals surface area contributed by atoms with Gasteiger partial charge in [-0.2, -0.15) is 0 Å². The highest BCUT2D eigenvalue weighted by atomic mass is 16.2. The Labute approximate surface area is 105 Å². The summed E-state index contributed by atoms with van der Waals surface area (Å²) in [5, 5.41) is 3.20. The van der Waals surface area contributed by atoms with E-state index in [9.17, 15) is 4.79 Å². The molecule has 0 aromatic heterocycles. The van der Waals surface area contributed by atoms with Gasteiger partial charge in [-0.25, -0.2) is 0 Å². The molecule has 3 N–H and O–H groups in total. The lowest BCUT2D eigenvalue weighted by Crippen LogP contribution is -2.50. The molecule has 1 amide bonds. The van der Waals surface area contributed by atoms with Gasteiger partial charge in [0.05, 0.1) is 5.41 Å². The van der Waals surface area contributed by atoms with E-state index in [2.05, 4.69) is 19.2 Å². The van der Waals surface area contributed by atoms with Gasteiger partial charge < -0.3 is 11.1 Å².